The summed E-state index contributed by atoms with van der Waals surface area (Å²) in [6.45, 7) is -0.171. The molecule has 1 heterocycles. The summed E-state index contributed by atoms with van der Waals surface area (Å²) in [4.78, 5) is 15.8. The van der Waals surface area contributed by atoms with Gasteiger partial charge in [-0.2, -0.15) is 13.2 Å². The lowest BCUT2D eigenvalue weighted by Crippen LogP contribution is -2.28. The summed E-state index contributed by atoms with van der Waals surface area (Å²) >= 11 is 5.90. The molecule has 0 atom stereocenters. The third-order valence-electron chi connectivity index (χ3n) is 4.42. The summed E-state index contributed by atoms with van der Waals surface area (Å²) in [5, 5.41) is 5.21. The Morgan fingerprint density at radius 2 is 1.76 bits per heavy atom. The Kier molecular flexibility index (Phi) is 7.57. The summed E-state index contributed by atoms with van der Waals surface area (Å²) < 4.78 is 65.9. The standard InChI is InChI=1S/C21H18ClF3N4O3S/c22-19-8-3-16(21(23,24)25)10-15(19)13-28-33(31,32)18-6-4-17(5-7-18)29-20(30)27-12-14-2-1-9-26-11-14/h1-11,28H,12-13H2,(H2,27,29,30). The van der Waals surface area contributed by atoms with Gasteiger partial charge in [-0.3, -0.25) is 4.98 Å². The Labute approximate surface area is 193 Å². The summed E-state index contributed by atoms with van der Waals surface area (Å²) in [6, 6.07) is 11.0. The molecule has 33 heavy (non-hydrogen) atoms. The number of nitrogens with zero attached hydrogens (tertiary/aromatic N) is 1. The van der Waals surface area contributed by atoms with Crippen molar-refractivity contribution >= 4 is 33.3 Å². The van der Waals surface area contributed by atoms with Crippen LogP contribution < -0.4 is 15.4 Å². The van der Waals surface area contributed by atoms with Gasteiger partial charge in [-0.05, 0) is 59.7 Å². The number of nitrogens with one attached hydrogen (secondary N) is 3. The van der Waals surface area contributed by atoms with Crippen LogP contribution in [0.25, 0.3) is 0 Å². The van der Waals surface area contributed by atoms with Crippen molar-refractivity contribution in [2.45, 2.75) is 24.2 Å². The second kappa shape index (κ2) is 10.2. The van der Waals surface area contributed by atoms with Gasteiger partial charge in [-0.1, -0.05) is 17.7 Å². The molecule has 3 aromatic rings. The highest BCUT2D eigenvalue weighted by molar-refractivity contribution is 7.89. The topological polar surface area (TPSA) is 100 Å². The van der Waals surface area contributed by atoms with Crippen LogP contribution in [-0.4, -0.2) is 19.4 Å². The molecule has 0 bridgehead atoms. The Hall–Kier alpha value is -3.15. The first-order valence-electron chi connectivity index (χ1n) is 9.44. The van der Waals surface area contributed by atoms with Gasteiger partial charge < -0.3 is 10.6 Å². The van der Waals surface area contributed by atoms with Crippen LogP contribution in [0.3, 0.4) is 0 Å². The van der Waals surface area contributed by atoms with Crippen LogP contribution in [0.1, 0.15) is 16.7 Å². The van der Waals surface area contributed by atoms with Gasteiger partial charge in [0.25, 0.3) is 0 Å². The number of alkyl halides is 3. The molecule has 3 rings (SSSR count). The van der Waals surface area contributed by atoms with Crippen LogP contribution in [0.15, 0.2) is 71.9 Å². The fourth-order valence-electron chi connectivity index (χ4n) is 2.72. The Balaban J connectivity index is 1.60. The first-order valence-corrected chi connectivity index (χ1v) is 11.3. The number of aromatic nitrogens is 1. The zero-order valence-electron chi connectivity index (χ0n) is 16.9. The van der Waals surface area contributed by atoms with E-state index in [9.17, 15) is 26.4 Å². The minimum atomic E-state index is -4.58. The highest BCUT2D eigenvalue weighted by atomic mass is 35.5. The molecule has 0 aliphatic rings. The third kappa shape index (κ3) is 6.91. The van der Waals surface area contributed by atoms with E-state index in [1.54, 1.807) is 24.5 Å². The molecule has 0 spiro atoms. The molecule has 2 amide bonds. The molecule has 3 N–H and O–H groups in total. The van der Waals surface area contributed by atoms with E-state index in [1.165, 1.54) is 24.3 Å². The van der Waals surface area contributed by atoms with Crippen LogP contribution in [0.5, 0.6) is 0 Å². The average Bonchev–Trinajstić information content (AvgIpc) is 2.77. The van der Waals surface area contributed by atoms with Crippen molar-refractivity contribution in [1.29, 1.82) is 0 Å². The molecule has 0 aliphatic carbocycles. The zero-order valence-corrected chi connectivity index (χ0v) is 18.4. The lowest BCUT2D eigenvalue weighted by atomic mass is 10.1. The van der Waals surface area contributed by atoms with Gasteiger partial charge in [-0.25, -0.2) is 17.9 Å². The number of pyridine rings is 1. The molecule has 0 aliphatic heterocycles. The van der Waals surface area contributed by atoms with E-state index in [4.69, 9.17) is 11.6 Å². The molecule has 0 radical (unpaired) electrons. The predicted molar refractivity (Wildman–Crippen MR) is 117 cm³/mol. The number of sulfonamides is 1. The summed E-state index contributed by atoms with van der Waals surface area (Å²) in [6.07, 6.45) is -1.35. The maximum absolute atomic E-state index is 12.9. The van der Waals surface area contributed by atoms with E-state index >= 15 is 0 Å². The molecule has 0 saturated heterocycles. The molecule has 174 valence electrons. The minimum absolute atomic E-state index is 0.00236. The normalized spacial score (nSPS) is 11.8. The minimum Gasteiger partial charge on any atom is -0.334 e. The molecule has 1 aromatic heterocycles. The fraction of sp³-hybridized carbons (Fsp3) is 0.143. The predicted octanol–water partition coefficient (Wildman–Crippen LogP) is 4.55. The van der Waals surface area contributed by atoms with E-state index in [1.807, 2.05) is 0 Å². The lowest BCUT2D eigenvalue weighted by molar-refractivity contribution is -0.137. The van der Waals surface area contributed by atoms with E-state index in [-0.39, 0.29) is 22.0 Å². The Bertz CT molecular complexity index is 1220. The van der Waals surface area contributed by atoms with Crippen LogP contribution >= 0.6 is 11.6 Å². The highest BCUT2D eigenvalue weighted by Gasteiger charge is 2.31. The SMILES string of the molecule is O=C(NCc1cccnc1)Nc1ccc(S(=O)(=O)NCc2cc(C(F)(F)F)ccc2Cl)cc1. The maximum Gasteiger partial charge on any atom is 0.416 e. The molecular weight excluding hydrogens is 481 g/mol. The van der Waals surface area contributed by atoms with Gasteiger partial charge >= 0.3 is 12.2 Å². The molecule has 0 fully saturated rings. The largest absolute Gasteiger partial charge is 0.416 e. The first-order chi connectivity index (χ1) is 15.5. The lowest BCUT2D eigenvalue weighted by Gasteiger charge is -2.12. The molecular formula is C21H18ClF3N4O3S. The second-order valence-electron chi connectivity index (χ2n) is 6.82. The van der Waals surface area contributed by atoms with Crippen LogP contribution in [0.4, 0.5) is 23.7 Å². The van der Waals surface area contributed by atoms with E-state index in [0.29, 0.717) is 5.69 Å². The number of halogens is 4. The number of benzene rings is 2. The number of hydrogen-bond donors (Lipinski definition) is 3. The number of rotatable bonds is 7. The van der Waals surface area contributed by atoms with Crippen molar-refractivity contribution in [3.63, 3.8) is 0 Å². The first kappa shape index (κ1) is 24.5. The van der Waals surface area contributed by atoms with Crippen molar-refractivity contribution in [3.8, 4) is 0 Å². The molecule has 0 saturated carbocycles. The van der Waals surface area contributed by atoms with Crippen molar-refractivity contribution in [1.82, 2.24) is 15.0 Å². The van der Waals surface area contributed by atoms with Gasteiger partial charge in [-0.15, -0.1) is 0 Å². The average molecular weight is 499 g/mol. The molecule has 12 heteroatoms. The molecule has 0 unspecified atom stereocenters. The van der Waals surface area contributed by atoms with Crippen LogP contribution in [0, 0.1) is 0 Å². The second-order valence-corrected chi connectivity index (χ2v) is 9.00. The zero-order chi connectivity index (χ0) is 24.1. The van der Waals surface area contributed by atoms with E-state index in [2.05, 4.69) is 20.3 Å². The van der Waals surface area contributed by atoms with Crippen LogP contribution in [0.2, 0.25) is 5.02 Å². The van der Waals surface area contributed by atoms with Crippen molar-refractivity contribution < 1.29 is 26.4 Å². The Morgan fingerprint density at radius 1 is 1.03 bits per heavy atom. The summed E-state index contributed by atoms with van der Waals surface area (Å²) in [5.41, 5.74) is 0.205. The quantitative estimate of drug-likeness (QED) is 0.445. The van der Waals surface area contributed by atoms with Gasteiger partial charge in [0.2, 0.25) is 10.0 Å². The number of hydrogen-bond acceptors (Lipinski definition) is 4. The fourth-order valence-corrected chi connectivity index (χ4v) is 3.91. The van der Waals surface area contributed by atoms with E-state index in [0.717, 1.165) is 23.8 Å². The van der Waals surface area contributed by atoms with Gasteiger partial charge in [0.15, 0.2) is 0 Å². The van der Waals surface area contributed by atoms with E-state index < -0.39 is 34.3 Å². The number of urea groups is 1. The summed E-state index contributed by atoms with van der Waals surface area (Å²) in [7, 11) is -4.04. The number of carbonyl (C=O) groups is 1. The smallest absolute Gasteiger partial charge is 0.334 e. The molecule has 7 nitrogen and oxygen atoms in total. The Morgan fingerprint density at radius 3 is 2.39 bits per heavy atom. The number of anilines is 1. The van der Waals surface area contributed by atoms with Gasteiger partial charge in [0.05, 0.1) is 10.5 Å². The van der Waals surface area contributed by atoms with Crippen molar-refractivity contribution in [2.24, 2.45) is 0 Å². The third-order valence-corrected chi connectivity index (χ3v) is 6.21. The monoisotopic (exact) mass is 498 g/mol. The summed E-state index contributed by atoms with van der Waals surface area (Å²) in [5.74, 6) is 0. The van der Waals surface area contributed by atoms with Crippen LogP contribution in [-0.2, 0) is 29.3 Å². The number of carbonyl (C=O) groups excluding carboxylic acids is 1. The molecule has 2 aromatic carbocycles. The van der Waals surface area contributed by atoms with Crippen molar-refractivity contribution in [3.05, 3.63) is 88.7 Å². The highest BCUT2D eigenvalue weighted by Crippen LogP contribution is 2.31. The van der Waals surface area contributed by atoms with Crippen molar-refractivity contribution in [2.75, 3.05) is 5.32 Å². The van der Waals surface area contributed by atoms with Gasteiger partial charge in [0, 0.05) is 36.2 Å². The van der Waals surface area contributed by atoms with Gasteiger partial charge in [0.1, 0.15) is 0 Å². The number of amides is 2. The maximum atomic E-state index is 12.9.